The zero-order valence-electron chi connectivity index (χ0n) is 35.7. The summed E-state index contributed by atoms with van der Waals surface area (Å²) in [4.78, 5) is 17.6. The van der Waals surface area contributed by atoms with Crippen LogP contribution in [0.4, 0.5) is 37.7 Å². The van der Waals surface area contributed by atoms with Crippen molar-refractivity contribution < 1.29 is 55.3 Å². The van der Waals surface area contributed by atoms with Gasteiger partial charge in [-0.25, -0.2) is 0 Å². The second kappa shape index (κ2) is 20.9. The average molecular weight is 913 g/mol. The molecule has 6 aromatic carbocycles. The Bertz CT molecular complexity index is 2800. The maximum atomic E-state index is 10.5. The van der Waals surface area contributed by atoms with Crippen LogP contribution in [0.15, 0.2) is 170 Å². The lowest BCUT2D eigenvalue weighted by Gasteiger charge is -2.11. The van der Waals surface area contributed by atoms with Crippen LogP contribution in [0.2, 0.25) is 0 Å². The topological polar surface area (TPSA) is 112 Å². The molecule has 0 saturated carbocycles. The Labute approximate surface area is 381 Å². The fourth-order valence-electron chi connectivity index (χ4n) is 7.39. The van der Waals surface area contributed by atoms with Crippen molar-refractivity contribution in [3.05, 3.63) is 215 Å². The molecule has 0 unspecified atom stereocenters. The first-order chi connectivity index (χ1) is 32.1. The van der Waals surface area contributed by atoms with E-state index in [-0.39, 0.29) is 0 Å². The normalized spacial score (nSPS) is 13.2. The number of rotatable bonds is 0. The summed E-state index contributed by atoms with van der Waals surface area (Å²) in [5.74, 6) is -6.01. The smallest absolute Gasteiger partial charge is 0.430 e. The number of fused-ring (bicyclic) bond motifs is 2. The number of alkyl halides is 6. The molecule has 0 atom stereocenters. The van der Waals surface area contributed by atoms with Gasteiger partial charge in [-0.2, -0.15) is 35.5 Å². The van der Waals surface area contributed by atoms with E-state index in [4.69, 9.17) is 19.8 Å². The lowest BCUT2D eigenvalue weighted by molar-refractivity contribution is -0.662. The van der Waals surface area contributed by atoms with E-state index >= 15 is 0 Å². The number of pyridine rings is 2. The minimum atomic E-state index is -5.19. The molecular weight excluding hydrogens is 871 g/mol. The highest BCUT2D eigenvalue weighted by Crippen LogP contribution is 2.24. The molecule has 8 nitrogen and oxygen atoms in total. The van der Waals surface area contributed by atoms with Gasteiger partial charge in [0, 0.05) is 48.5 Å². The van der Waals surface area contributed by atoms with Gasteiger partial charge >= 0.3 is 12.4 Å². The number of carboxylic acids is 2. The zero-order chi connectivity index (χ0) is 47.6. The van der Waals surface area contributed by atoms with Crippen LogP contribution >= 0.6 is 0 Å². The molecule has 0 spiro atoms. The van der Waals surface area contributed by atoms with Crippen LogP contribution in [0, 0.1) is 0 Å². The van der Waals surface area contributed by atoms with E-state index in [1.54, 1.807) is 0 Å². The highest BCUT2D eigenvalue weighted by atomic mass is 19.4. The lowest BCUT2D eigenvalue weighted by atomic mass is 10.0. The number of para-hydroxylation sites is 2. The molecule has 0 saturated heterocycles. The number of nitrogens with zero attached hydrogens (tertiary/aromatic N) is 2. The Balaban J connectivity index is 0.000000416. The number of carbonyl (C=O) groups is 2. The fourth-order valence-corrected chi connectivity index (χ4v) is 7.39. The fraction of sp³-hybridized carbons (Fsp3) is 0.132. The number of hydrogen-bond donors (Lipinski definition) is 2. The number of benzene rings is 6. The van der Waals surface area contributed by atoms with E-state index in [1.807, 2.05) is 0 Å². The van der Waals surface area contributed by atoms with E-state index in [9.17, 15) is 26.3 Å². The molecule has 7 aliphatic heterocycles. The number of nitrogens with one attached hydrogen (secondary N) is 2. The summed E-state index contributed by atoms with van der Waals surface area (Å²) in [5.41, 5.74) is 14.8. The van der Waals surface area contributed by atoms with Crippen LogP contribution < -0.4 is 30.0 Å². The van der Waals surface area contributed by atoms with Crippen molar-refractivity contribution in [2.24, 2.45) is 0 Å². The largest absolute Gasteiger partial charge is 0.542 e. The van der Waals surface area contributed by atoms with Gasteiger partial charge in [0.1, 0.15) is 11.9 Å². The molecule has 340 valence electrons. The van der Waals surface area contributed by atoms with E-state index in [0.717, 1.165) is 44.0 Å². The molecule has 0 aliphatic carbocycles. The molecule has 14 heteroatoms. The van der Waals surface area contributed by atoms with Crippen LogP contribution in [0.3, 0.4) is 0 Å². The first-order valence-corrected chi connectivity index (χ1v) is 21.0. The van der Waals surface area contributed by atoms with Crippen molar-refractivity contribution in [2.45, 2.75) is 45.0 Å². The third kappa shape index (κ3) is 12.8. The Morgan fingerprint density at radius 2 is 0.746 bits per heavy atom. The van der Waals surface area contributed by atoms with Crippen LogP contribution in [-0.4, -0.2) is 24.3 Å². The van der Waals surface area contributed by atoms with Gasteiger partial charge in [-0.15, -0.1) is 0 Å². The van der Waals surface area contributed by atoms with Gasteiger partial charge in [0.15, 0.2) is 25.5 Å². The first kappa shape index (κ1) is 47.0. The van der Waals surface area contributed by atoms with Crippen molar-refractivity contribution in [3.63, 3.8) is 0 Å². The molecule has 2 N–H and O–H groups in total. The predicted molar refractivity (Wildman–Crippen MR) is 241 cm³/mol. The second-order valence-electron chi connectivity index (χ2n) is 15.7. The van der Waals surface area contributed by atoms with Crippen molar-refractivity contribution in [1.29, 1.82) is 0 Å². The van der Waals surface area contributed by atoms with Crippen LogP contribution in [0.25, 0.3) is 34.0 Å². The van der Waals surface area contributed by atoms with Crippen LogP contribution in [0.5, 0.6) is 0 Å². The standard InChI is InChI=1S/C49H40N4.2C2HF3O2/c1-3-7-48-44(5-1)46-27-29-52(48)34-42-23-11-36(12-24-42)9-10-37-13-25-43(26-14-37)35-53-30-28-47(45-6-2-4-8-49(45)53)51-33-41-21-17-39(18-22-41)31-38-15-19-40(20-16-38)32-50-46;2*3-2(4,5)1(6)7/h1-30H,31-35H2;2*(H,6,7)/b10-9-,50-46?,51-47?;;. The van der Waals surface area contributed by atoms with E-state index in [2.05, 4.69) is 202 Å². The minimum Gasteiger partial charge on any atom is -0.542 e. The summed E-state index contributed by atoms with van der Waals surface area (Å²) in [6, 6.07) is 57.6. The number of carbonyl (C=O) groups excluding carboxylic acids is 2. The summed E-state index contributed by atoms with van der Waals surface area (Å²) in [6.07, 6.45) is -0.680. The summed E-state index contributed by atoms with van der Waals surface area (Å²) in [6.45, 7) is 3.16. The quantitative estimate of drug-likeness (QED) is 0.117. The maximum Gasteiger partial charge on any atom is 0.430 e. The summed E-state index contributed by atoms with van der Waals surface area (Å²) in [7, 11) is 0. The maximum absolute atomic E-state index is 10.5. The highest BCUT2D eigenvalue weighted by Gasteiger charge is 2.29. The third-order valence-electron chi connectivity index (χ3n) is 10.9. The third-order valence-corrected chi connectivity index (χ3v) is 10.9. The first-order valence-electron chi connectivity index (χ1n) is 21.0. The molecule has 0 amide bonds. The van der Waals surface area contributed by atoms with Crippen LogP contribution in [0.1, 0.15) is 44.5 Å². The van der Waals surface area contributed by atoms with Crippen LogP contribution in [-0.2, 0) is 42.2 Å². The minimum absolute atomic E-state index is 0.770. The predicted octanol–water partition coefficient (Wildman–Crippen LogP) is 8.56. The molecule has 0 fully saturated rings. The molecule has 9 heterocycles. The molecular formula is C53H42F6N4O4. The van der Waals surface area contributed by atoms with E-state index in [1.165, 1.54) is 66.3 Å². The number of anilines is 2. The van der Waals surface area contributed by atoms with Gasteiger partial charge in [-0.3, -0.25) is 0 Å². The summed E-state index contributed by atoms with van der Waals surface area (Å²) in [5, 5.41) is 27.5. The second-order valence-corrected chi connectivity index (χ2v) is 15.7. The monoisotopic (exact) mass is 912 g/mol. The van der Waals surface area contributed by atoms with Crippen molar-refractivity contribution in [3.8, 4) is 0 Å². The lowest BCUT2D eigenvalue weighted by Crippen LogP contribution is -2.37. The number of halogens is 6. The molecule has 7 aliphatic rings. The molecule has 12 bridgehead atoms. The van der Waals surface area contributed by atoms with Gasteiger partial charge in [0.2, 0.25) is 11.0 Å². The van der Waals surface area contributed by atoms with Crippen molar-refractivity contribution in [1.82, 2.24) is 0 Å². The highest BCUT2D eigenvalue weighted by molar-refractivity contribution is 5.89. The Kier molecular flexibility index (Phi) is 14.6. The zero-order valence-corrected chi connectivity index (χ0v) is 35.7. The van der Waals surface area contributed by atoms with Gasteiger partial charge in [-0.05, 0) is 51.9 Å². The molecule has 67 heavy (non-hydrogen) atoms. The van der Waals surface area contributed by atoms with Gasteiger partial charge in [-0.1, -0.05) is 133 Å². The Morgan fingerprint density at radius 3 is 1.09 bits per heavy atom. The number of carboxylic acid groups (broad SMARTS) is 2. The van der Waals surface area contributed by atoms with Crippen molar-refractivity contribution >= 4 is 57.3 Å². The van der Waals surface area contributed by atoms with Gasteiger partial charge < -0.3 is 30.4 Å². The number of aliphatic carboxylic acids is 2. The van der Waals surface area contributed by atoms with E-state index < -0.39 is 24.3 Å². The number of hydrogen-bond acceptors (Lipinski definition) is 6. The summed E-state index contributed by atoms with van der Waals surface area (Å²) < 4.78 is 67.8. The van der Waals surface area contributed by atoms with Crippen molar-refractivity contribution in [2.75, 3.05) is 10.6 Å². The molecule has 2 aromatic heterocycles. The van der Waals surface area contributed by atoms with E-state index in [0.29, 0.717) is 0 Å². The number of aromatic nitrogens is 2. The molecule has 15 rings (SSSR count). The van der Waals surface area contributed by atoms with Gasteiger partial charge in [0.25, 0.3) is 0 Å². The Morgan fingerprint density at radius 1 is 0.433 bits per heavy atom. The molecule has 0 radical (unpaired) electrons. The summed E-state index contributed by atoms with van der Waals surface area (Å²) >= 11 is 0. The SMILES string of the molecule is C1=C\c2ccc(cc2)C[n+]2ccc(c3ccccc32)NCc2ccc(cc2)Cc2ccc(cc2)CNc2cc[n+](c3ccccc23)Cc2ccc/1cc2.O=C([O-])C(F)(F)F.O=C([O-])C(F)(F)F. The van der Waals surface area contributed by atoms with Gasteiger partial charge in [0.05, 0.1) is 22.1 Å². The molecule has 8 aromatic rings. The Hall–Kier alpha value is -8.00. The average Bonchev–Trinajstić information content (AvgIpc) is 3.32.